The van der Waals surface area contributed by atoms with Crippen molar-refractivity contribution in [2.75, 3.05) is 18.4 Å². The highest BCUT2D eigenvalue weighted by atomic mass is 35.5. The number of amides is 2. The molecule has 3 heterocycles. The summed E-state index contributed by atoms with van der Waals surface area (Å²) >= 11 is 5.93. The normalized spacial score (nSPS) is 16.5. The molecule has 3 aromatic rings. The van der Waals surface area contributed by atoms with Crippen molar-refractivity contribution in [2.45, 2.75) is 18.9 Å². The molecule has 0 radical (unpaired) electrons. The number of benzene rings is 1. The third-order valence-corrected chi connectivity index (χ3v) is 5.20. The van der Waals surface area contributed by atoms with Crippen LogP contribution in [-0.4, -0.2) is 50.4 Å². The first-order valence-electron chi connectivity index (χ1n) is 8.94. The van der Waals surface area contributed by atoms with Crippen molar-refractivity contribution in [2.24, 2.45) is 5.73 Å². The predicted octanol–water partition coefficient (Wildman–Crippen LogP) is 3.01. The number of nitrogens with two attached hydrogens (primary N) is 1. The lowest BCUT2D eigenvalue weighted by molar-refractivity contribution is 0.204. The van der Waals surface area contributed by atoms with E-state index in [-0.39, 0.29) is 11.8 Å². The molecule has 2 aromatic heterocycles. The molecule has 0 saturated carbocycles. The number of urea groups is 1. The highest BCUT2D eigenvalue weighted by Gasteiger charge is 2.27. The summed E-state index contributed by atoms with van der Waals surface area (Å²) in [7, 11) is 0. The molecule has 0 bridgehead atoms. The van der Waals surface area contributed by atoms with E-state index in [1.807, 2.05) is 6.07 Å². The Bertz CT molecular complexity index is 1040. The van der Waals surface area contributed by atoms with Crippen molar-refractivity contribution in [1.29, 1.82) is 0 Å². The van der Waals surface area contributed by atoms with Crippen LogP contribution >= 0.6 is 11.6 Å². The summed E-state index contributed by atoms with van der Waals surface area (Å²) in [5.41, 5.74) is 6.52. The van der Waals surface area contributed by atoms with Crippen molar-refractivity contribution < 1.29 is 9.90 Å². The molecule has 144 valence electrons. The first-order valence-corrected chi connectivity index (χ1v) is 9.31. The van der Waals surface area contributed by atoms with Gasteiger partial charge in [-0.1, -0.05) is 11.6 Å². The maximum atomic E-state index is 11.5. The minimum absolute atomic E-state index is 0.0195. The summed E-state index contributed by atoms with van der Waals surface area (Å²) in [6, 6.07) is 6.30. The number of aromatic hydroxyl groups is 1. The minimum atomic E-state index is -0.407. The minimum Gasteiger partial charge on any atom is -0.507 e. The zero-order valence-corrected chi connectivity index (χ0v) is 15.7. The number of hydrogen-bond donors (Lipinski definition) is 3. The summed E-state index contributed by atoms with van der Waals surface area (Å²) in [6.45, 7) is 1.19. The Hall–Kier alpha value is -3.13. The molecular formula is C19H19ClN6O2. The smallest absolute Gasteiger partial charge is 0.315 e. The molecule has 1 aromatic carbocycles. The average molecular weight is 399 g/mol. The number of nitrogens with one attached hydrogen (secondary N) is 1. The van der Waals surface area contributed by atoms with Gasteiger partial charge in [0.1, 0.15) is 11.4 Å². The number of phenols is 1. The van der Waals surface area contributed by atoms with Gasteiger partial charge in [0.05, 0.1) is 6.04 Å². The van der Waals surface area contributed by atoms with Gasteiger partial charge < -0.3 is 21.1 Å². The number of nitrogens with zero attached hydrogens (tertiary/aromatic N) is 4. The van der Waals surface area contributed by atoms with E-state index in [2.05, 4.69) is 20.5 Å². The van der Waals surface area contributed by atoms with Gasteiger partial charge in [-0.15, -0.1) is 10.2 Å². The summed E-state index contributed by atoms with van der Waals surface area (Å²) in [4.78, 5) is 17.4. The molecule has 28 heavy (non-hydrogen) atoms. The lowest BCUT2D eigenvalue weighted by Gasteiger charge is -2.23. The second kappa shape index (κ2) is 7.47. The predicted molar refractivity (Wildman–Crippen MR) is 107 cm³/mol. The van der Waals surface area contributed by atoms with Crippen LogP contribution in [0.5, 0.6) is 5.75 Å². The van der Waals surface area contributed by atoms with Crippen molar-refractivity contribution >= 4 is 34.2 Å². The van der Waals surface area contributed by atoms with Crippen molar-refractivity contribution in [3.8, 4) is 17.0 Å². The van der Waals surface area contributed by atoms with E-state index in [0.29, 0.717) is 35.2 Å². The number of carbonyl (C=O) groups excluding carboxylic acids is 1. The lowest BCUT2D eigenvalue weighted by Crippen LogP contribution is -2.42. The summed E-state index contributed by atoms with van der Waals surface area (Å²) in [5.74, 6) is 0.598. The van der Waals surface area contributed by atoms with Crippen LogP contribution < -0.4 is 11.1 Å². The number of rotatable bonds is 4. The topological polar surface area (TPSA) is 117 Å². The number of likely N-dealkylation sites (tertiary alicyclic amines) is 1. The van der Waals surface area contributed by atoms with Gasteiger partial charge in [-0.2, -0.15) is 0 Å². The third-order valence-electron chi connectivity index (χ3n) is 4.96. The molecule has 0 spiro atoms. The Morgan fingerprint density at radius 3 is 2.96 bits per heavy atom. The summed E-state index contributed by atoms with van der Waals surface area (Å²) < 4.78 is 0. The van der Waals surface area contributed by atoms with Crippen LogP contribution in [-0.2, 0) is 0 Å². The highest BCUT2D eigenvalue weighted by molar-refractivity contribution is 6.30. The number of hydrogen-bond acceptors (Lipinski definition) is 6. The molecule has 1 aliphatic heterocycles. The molecule has 1 atom stereocenters. The number of phenolic OH excluding ortho intramolecular Hbond substituents is 1. The Balaban J connectivity index is 1.67. The van der Waals surface area contributed by atoms with Crippen LogP contribution in [0.3, 0.4) is 0 Å². The molecule has 1 unspecified atom stereocenters. The number of fused-ring (bicyclic) bond motifs is 1. The largest absolute Gasteiger partial charge is 0.507 e. The Morgan fingerprint density at radius 1 is 1.32 bits per heavy atom. The van der Waals surface area contributed by atoms with Gasteiger partial charge in [0.2, 0.25) is 0 Å². The van der Waals surface area contributed by atoms with Gasteiger partial charge in [-0.05, 0) is 37.1 Å². The van der Waals surface area contributed by atoms with Crippen LogP contribution in [0.2, 0.25) is 5.02 Å². The van der Waals surface area contributed by atoms with Gasteiger partial charge in [0.15, 0.2) is 5.82 Å². The second-order valence-electron chi connectivity index (χ2n) is 6.69. The monoisotopic (exact) mass is 398 g/mol. The van der Waals surface area contributed by atoms with Gasteiger partial charge in [-0.3, -0.25) is 4.98 Å². The molecule has 4 N–H and O–H groups in total. The van der Waals surface area contributed by atoms with Crippen LogP contribution in [0.15, 0.2) is 36.7 Å². The van der Waals surface area contributed by atoms with Gasteiger partial charge in [0, 0.05) is 46.8 Å². The zero-order valence-electron chi connectivity index (χ0n) is 15.0. The molecule has 1 aliphatic rings. The molecule has 2 amide bonds. The number of pyridine rings is 1. The highest BCUT2D eigenvalue weighted by Crippen LogP contribution is 2.35. The van der Waals surface area contributed by atoms with Crippen LogP contribution in [0.25, 0.3) is 22.0 Å². The fraction of sp³-hybridized carbons (Fsp3) is 0.263. The molecule has 4 rings (SSSR count). The Kier molecular flexibility index (Phi) is 4.87. The van der Waals surface area contributed by atoms with Crippen LogP contribution in [0.4, 0.5) is 10.6 Å². The van der Waals surface area contributed by atoms with Crippen LogP contribution in [0.1, 0.15) is 12.8 Å². The fourth-order valence-electron chi connectivity index (χ4n) is 3.58. The SMILES string of the molecule is NC(=O)N1CCCC1CNc1nnc(-c2ccc(Cl)cc2O)c2ccncc12. The first kappa shape index (κ1) is 18.2. The van der Waals surface area contributed by atoms with E-state index in [1.165, 1.54) is 6.07 Å². The molecule has 1 fully saturated rings. The second-order valence-corrected chi connectivity index (χ2v) is 7.12. The molecule has 0 aliphatic carbocycles. The summed E-state index contributed by atoms with van der Waals surface area (Å²) in [6.07, 6.45) is 5.17. The van der Waals surface area contributed by atoms with Gasteiger partial charge in [0.25, 0.3) is 0 Å². The Labute approximate surface area is 166 Å². The van der Waals surface area contributed by atoms with E-state index in [4.69, 9.17) is 17.3 Å². The van der Waals surface area contributed by atoms with Crippen molar-refractivity contribution in [3.63, 3.8) is 0 Å². The number of carbonyl (C=O) groups is 1. The number of anilines is 1. The number of primary amides is 1. The number of halogens is 1. The maximum absolute atomic E-state index is 11.5. The maximum Gasteiger partial charge on any atom is 0.315 e. The van der Waals surface area contributed by atoms with Gasteiger partial charge >= 0.3 is 6.03 Å². The van der Waals surface area contributed by atoms with E-state index >= 15 is 0 Å². The van der Waals surface area contributed by atoms with Crippen LogP contribution in [0, 0.1) is 0 Å². The van der Waals surface area contributed by atoms with Gasteiger partial charge in [-0.25, -0.2) is 4.79 Å². The average Bonchev–Trinajstić information content (AvgIpc) is 3.15. The molecule has 1 saturated heterocycles. The molecule has 8 nitrogen and oxygen atoms in total. The first-order chi connectivity index (χ1) is 13.5. The van der Waals surface area contributed by atoms with E-state index in [1.54, 1.807) is 29.4 Å². The van der Waals surface area contributed by atoms with Crippen molar-refractivity contribution in [1.82, 2.24) is 20.1 Å². The molecule has 9 heteroatoms. The molecular weight excluding hydrogens is 380 g/mol. The zero-order chi connectivity index (χ0) is 19.7. The number of aromatic nitrogens is 3. The van der Waals surface area contributed by atoms with Crippen molar-refractivity contribution in [3.05, 3.63) is 41.7 Å². The van der Waals surface area contributed by atoms with E-state index in [9.17, 15) is 9.90 Å². The Morgan fingerprint density at radius 2 is 2.18 bits per heavy atom. The summed E-state index contributed by atoms with van der Waals surface area (Å²) in [5, 5.41) is 24.2. The standard InChI is InChI=1S/C19H19ClN6O2/c20-11-3-4-14(16(27)8-11)17-13-5-6-22-10-15(13)18(25-24-17)23-9-12-2-1-7-26(12)19(21)28/h3-6,8,10,12,27H,1-2,7,9H2,(H2,21,28)(H,23,25). The third kappa shape index (κ3) is 3.38. The fourth-order valence-corrected chi connectivity index (χ4v) is 3.75. The quantitative estimate of drug-likeness (QED) is 0.621. The van der Waals surface area contributed by atoms with E-state index < -0.39 is 6.03 Å². The lowest BCUT2D eigenvalue weighted by atomic mass is 10.1. The van der Waals surface area contributed by atoms with E-state index in [0.717, 1.165) is 23.6 Å².